The van der Waals surface area contributed by atoms with Gasteiger partial charge in [-0.15, -0.1) is 0 Å². The number of esters is 1. The molecule has 1 rings (SSSR count). The van der Waals surface area contributed by atoms with Crippen LogP contribution in [0, 0.1) is 0 Å². The smallest absolute Gasteiger partial charge is 0.376 e. The molecule has 0 spiro atoms. The van der Waals surface area contributed by atoms with Crippen molar-refractivity contribution in [2.75, 3.05) is 13.1 Å². The molecule has 1 fully saturated rings. The van der Waals surface area contributed by atoms with Crippen LogP contribution < -0.4 is 0 Å². The van der Waals surface area contributed by atoms with Crippen LogP contribution in [0.1, 0.15) is 58.3 Å². The van der Waals surface area contributed by atoms with E-state index < -0.39 is 6.09 Å². The maximum atomic E-state index is 11.5. The highest BCUT2D eigenvalue weighted by Crippen LogP contribution is 2.10. The maximum Gasteiger partial charge on any atom is 0.417 e. The first kappa shape index (κ1) is 14.0. The van der Waals surface area contributed by atoms with Gasteiger partial charge in [0.15, 0.2) is 0 Å². The molecule has 0 atom stereocenters. The number of carbonyl (C=O) groups excluding carboxylic acids is 2. The molecule has 1 heterocycles. The Bertz CT molecular complexity index is 247. The molecule has 4 nitrogen and oxygen atoms in total. The van der Waals surface area contributed by atoms with Crippen molar-refractivity contribution in [3.05, 3.63) is 0 Å². The monoisotopic (exact) mass is 241 g/mol. The predicted octanol–water partition coefficient (Wildman–Crippen LogP) is 3.11. The molecule has 0 aromatic heterocycles. The fourth-order valence-electron chi connectivity index (χ4n) is 1.99. The number of hydrogen-bond donors (Lipinski definition) is 0. The van der Waals surface area contributed by atoms with Crippen LogP contribution in [0.2, 0.25) is 0 Å². The van der Waals surface area contributed by atoms with Crippen LogP contribution >= 0.6 is 0 Å². The molecule has 0 unspecified atom stereocenters. The molecule has 98 valence electrons. The normalized spacial score (nSPS) is 15.0. The van der Waals surface area contributed by atoms with E-state index in [0.29, 0.717) is 6.42 Å². The zero-order valence-corrected chi connectivity index (χ0v) is 10.7. The van der Waals surface area contributed by atoms with Crippen molar-refractivity contribution in [1.29, 1.82) is 0 Å². The van der Waals surface area contributed by atoms with Crippen LogP contribution in [0.4, 0.5) is 4.79 Å². The van der Waals surface area contributed by atoms with Gasteiger partial charge in [0, 0.05) is 19.5 Å². The third kappa shape index (κ3) is 5.71. The van der Waals surface area contributed by atoms with E-state index in [1.165, 1.54) is 12.8 Å². The largest absolute Gasteiger partial charge is 0.417 e. The molecule has 1 aliphatic heterocycles. The standard InChI is InChI=1S/C13H23NO3/c1-2-3-4-5-6-9-12(15)17-13(16)14-10-7-8-11-14/h2-11H2,1H3. The summed E-state index contributed by atoms with van der Waals surface area (Å²) in [6.45, 7) is 3.61. The summed E-state index contributed by atoms with van der Waals surface area (Å²) in [5.74, 6) is -0.376. The van der Waals surface area contributed by atoms with Gasteiger partial charge in [0.25, 0.3) is 0 Å². The van der Waals surface area contributed by atoms with Gasteiger partial charge in [0.2, 0.25) is 0 Å². The lowest BCUT2D eigenvalue weighted by Crippen LogP contribution is -2.30. The van der Waals surface area contributed by atoms with Gasteiger partial charge in [0.1, 0.15) is 0 Å². The van der Waals surface area contributed by atoms with E-state index in [0.717, 1.165) is 45.2 Å². The number of ether oxygens (including phenoxy) is 1. The van der Waals surface area contributed by atoms with Gasteiger partial charge in [-0.25, -0.2) is 4.79 Å². The SMILES string of the molecule is CCCCCCCC(=O)OC(=O)N1CCCC1. The average molecular weight is 241 g/mol. The lowest BCUT2D eigenvalue weighted by atomic mass is 10.1. The highest BCUT2D eigenvalue weighted by molar-refractivity contribution is 5.84. The van der Waals surface area contributed by atoms with Gasteiger partial charge >= 0.3 is 12.1 Å². The van der Waals surface area contributed by atoms with E-state index in [4.69, 9.17) is 4.74 Å². The summed E-state index contributed by atoms with van der Waals surface area (Å²) < 4.78 is 4.79. The first-order chi connectivity index (χ1) is 8.24. The topological polar surface area (TPSA) is 46.6 Å². The minimum absolute atomic E-state index is 0.364. The van der Waals surface area contributed by atoms with Crippen molar-refractivity contribution >= 4 is 12.1 Å². The molecule has 0 aliphatic carbocycles. The van der Waals surface area contributed by atoms with Crippen molar-refractivity contribution < 1.29 is 14.3 Å². The molecule has 4 heteroatoms. The summed E-state index contributed by atoms with van der Waals surface area (Å²) >= 11 is 0. The van der Waals surface area contributed by atoms with Crippen molar-refractivity contribution in [2.45, 2.75) is 58.3 Å². The molecular weight excluding hydrogens is 218 g/mol. The number of amides is 1. The van der Waals surface area contributed by atoms with Gasteiger partial charge < -0.3 is 9.64 Å². The summed E-state index contributed by atoms with van der Waals surface area (Å²) in [5.41, 5.74) is 0. The second-order valence-electron chi connectivity index (χ2n) is 4.60. The molecule has 1 aliphatic rings. The maximum absolute atomic E-state index is 11.5. The Kier molecular flexibility index (Phi) is 6.67. The second kappa shape index (κ2) is 8.09. The summed E-state index contributed by atoms with van der Waals surface area (Å²) in [6, 6.07) is 0. The zero-order valence-electron chi connectivity index (χ0n) is 10.7. The van der Waals surface area contributed by atoms with Gasteiger partial charge in [-0.05, 0) is 19.3 Å². The summed E-state index contributed by atoms with van der Waals surface area (Å²) in [4.78, 5) is 24.5. The van der Waals surface area contributed by atoms with Crippen molar-refractivity contribution in [3.63, 3.8) is 0 Å². The first-order valence-corrected chi connectivity index (χ1v) is 6.73. The van der Waals surface area contributed by atoms with Crippen LogP contribution in [0.5, 0.6) is 0 Å². The molecule has 1 amide bonds. The van der Waals surface area contributed by atoms with Crippen LogP contribution in [0.25, 0.3) is 0 Å². The Labute approximate surface area is 103 Å². The molecule has 17 heavy (non-hydrogen) atoms. The highest BCUT2D eigenvalue weighted by Gasteiger charge is 2.21. The lowest BCUT2D eigenvalue weighted by Gasteiger charge is -2.13. The number of carbonyl (C=O) groups is 2. The molecular formula is C13H23NO3. The minimum Gasteiger partial charge on any atom is -0.376 e. The van der Waals surface area contributed by atoms with Gasteiger partial charge in [-0.2, -0.15) is 0 Å². The van der Waals surface area contributed by atoms with E-state index in [-0.39, 0.29) is 5.97 Å². The first-order valence-electron chi connectivity index (χ1n) is 6.73. The molecule has 0 N–H and O–H groups in total. The van der Waals surface area contributed by atoms with Gasteiger partial charge in [-0.1, -0.05) is 32.6 Å². The van der Waals surface area contributed by atoms with Crippen molar-refractivity contribution in [2.24, 2.45) is 0 Å². The number of likely N-dealkylation sites (tertiary alicyclic amines) is 1. The Hall–Kier alpha value is -1.06. The Morgan fingerprint density at radius 1 is 1.06 bits per heavy atom. The Morgan fingerprint density at radius 2 is 1.71 bits per heavy atom. The van der Waals surface area contributed by atoms with Crippen LogP contribution in [0.15, 0.2) is 0 Å². The second-order valence-corrected chi connectivity index (χ2v) is 4.60. The zero-order chi connectivity index (χ0) is 12.5. The van der Waals surface area contributed by atoms with Crippen molar-refractivity contribution in [3.8, 4) is 0 Å². The molecule has 0 saturated carbocycles. The summed E-state index contributed by atoms with van der Waals surface area (Å²) in [7, 11) is 0. The number of unbranched alkanes of at least 4 members (excludes halogenated alkanes) is 4. The number of hydrogen-bond acceptors (Lipinski definition) is 3. The Morgan fingerprint density at radius 3 is 2.35 bits per heavy atom. The average Bonchev–Trinajstić information content (AvgIpc) is 2.82. The third-order valence-electron chi connectivity index (χ3n) is 3.05. The fraction of sp³-hybridized carbons (Fsp3) is 0.846. The molecule has 0 bridgehead atoms. The fourth-order valence-corrected chi connectivity index (χ4v) is 1.99. The van der Waals surface area contributed by atoms with E-state index in [2.05, 4.69) is 6.92 Å². The quantitative estimate of drug-likeness (QED) is 0.408. The van der Waals surface area contributed by atoms with Crippen LogP contribution in [0.3, 0.4) is 0 Å². The van der Waals surface area contributed by atoms with Gasteiger partial charge in [-0.3, -0.25) is 4.79 Å². The molecule has 0 aromatic rings. The highest BCUT2D eigenvalue weighted by atomic mass is 16.6. The van der Waals surface area contributed by atoms with E-state index in [1.54, 1.807) is 4.90 Å². The predicted molar refractivity (Wildman–Crippen MR) is 65.7 cm³/mol. The van der Waals surface area contributed by atoms with E-state index >= 15 is 0 Å². The lowest BCUT2D eigenvalue weighted by molar-refractivity contribution is -0.138. The van der Waals surface area contributed by atoms with Crippen molar-refractivity contribution in [1.82, 2.24) is 4.90 Å². The minimum atomic E-state index is -0.457. The molecule has 1 saturated heterocycles. The number of nitrogens with zero attached hydrogens (tertiary/aromatic N) is 1. The Balaban J connectivity index is 2.05. The van der Waals surface area contributed by atoms with Gasteiger partial charge in [0.05, 0.1) is 0 Å². The number of rotatable bonds is 6. The van der Waals surface area contributed by atoms with E-state index in [1.807, 2.05) is 0 Å². The van der Waals surface area contributed by atoms with Crippen LogP contribution in [-0.2, 0) is 9.53 Å². The van der Waals surface area contributed by atoms with Crippen LogP contribution in [-0.4, -0.2) is 30.1 Å². The van der Waals surface area contributed by atoms with E-state index in [9.17, 15) is 9.59 Å². The summed E-state index contributed by atoms with van der Waals surface area (Å²) in [5, 5.41) is 0. The summed E-state index contributed by atoms with van der Waals surface area (Å²) in [6.07, 6.45) is 7.36. The molecule has 0 radical (unpaired) electrons. The molecule has 0 aromatic carbocycles. The third-order valence-corrected chi connectivity index (χ3v) is 3.05.